The lowest BCUT2D eigenvalue weighted by molar-refractivity contribution is -0.137. The minimum atomic E-state index is -0.774. The van der Waals surface area contributed by atoms with E-state index in [-0.39, 0.29) is 12.3 Å². The van der Waals surface area contributed by atoms with E-state index in [4.69, 9.17) is 21.4 Å². The Labute approximate surface area is 112 Å². The number of hydrogen-bond acceptors (Lipinski definition) is 2. The van der Waals surface area contributed by atoms with Crippen molar-refractivity contribution >= 4 is 17.6 Å². The van der Waals surface area contributed by atoms with Crippen molar-refractivity contribution in [2.45, 2.75) is 39.0 Å². The van der Waals surface area contributed by atoms with Gasteiger partial charge < -0.3 is 9.84 Å². The molecule has 18 heavy (non-hydrogen) atoms. The minimum absolute atomic E-state index is 0.00176. The number of ether oxygens (including phenoxy) is 1. The molecule has 0 amide bonds. The minimum Gasteiger partial charge on any atom is -0.493 e. The summed E-state index contributed by atoms with van der Waals surface area (Å²) in [4.78, 5) is 11.0. The number of carboxylic acids is 1. The predicted molar refractivity (Wildman–Crippen MR) is 70.6 cm³/mol. The van der Waals surface area contributed by atoms with Crippen molar-refractivity contribution in [1.29, 1.82) is 0 Å². The summed E-state index contributed by atoms with van der Waals surface area (Å²) in [5.74, 6) is 0.0280. The van der Waals surface area contributed by atoms with Gasteiger partial charge in [0.1, 0.15) is 5.75 Å². The third-order valence-corrected chi connectivity index (χ3v) is 4.06. The lowest BCUT2D eigenvalue weighted by atomic mass is 9.87. The Morgan fingerprint density at radius 2 is 2.28 bits per heavy atom. The molecule has 1 atom stereocenters. The van der Waals surface area contributed by atoms with Gasteiger partial charge in [0.25, 0.3) is 0 Å². The maximum absolute atomic E-state index is 11.0. The van der Waals surface area contributed by atoms with Crippen molar-refractivity contribution in [3.8, 4) is 5.75 Å². The average Bonchev–Trinajstić information content (AvgIpc) is 2.48. The van der Waals surface area contributed by atoms with Crippen LogP contribution in [0.5, 0.6) is 5.75 Å². The number of aliphatic carboxylic acids is 1. The Hall–Kier alpha value is -1.22. The Bertz CT molecular complexity index is 482. The summed E-state index contributed by atoms with van der Waals surface area (Å²) in [6.45, 7) is 4.53. The molecule has 1 aromatic rings. The van der Waals surface area contributed by atoms with E-state index in [1.165, 1.54) is 0 Å². The first-order valence-electron chi connectivity index (χ1n) is 6.15. The largest absolute Gasteiger partial charge is 0.493 e. The summed E-state index contributed by atoms with van der Waals surface area (Å²) < 4.78 is 5.73. The molecule has 0 spiro atoms. The first kappa shape index (κ1) is 13.2. The summed E-state index contributed by atoms with van der Waals surface area (Å²) in [7, 11) is 0. The molecule has 98 valence electrons. The topological polar surface area (TPSA) is 46.5 Å². The number of carboxylic acid groups (broad SMARTS) is 1. The van der Waals surface area contributed by atoms with Gasteiger partial charge in [0.2, 0.25) is 0 Å². The zero-order valence-electron chi connectivity index (χ0n) is 10.6. The van der Waals surface area contributed by atoms with Crippen LogP contribution in [-0.2, 0) is 4.79 Å². The molecule has 1 aliphatic rings. The van der Waals surface area contributed by atoms with E-state index < -0.39 is 5.97 Å². The van der Waals surface area contributed by atoms with Crippen LogP contribution >= 0.6 is 11.6 Å². The molecular formula is C14H17ClO3. The maximum atomic E-state index is 11.0. The molecule has 1 unspecified atom stereocenters. The average molecular weight is 269 g/mol. The number of rotatable bonds is 2. The number of hydrogen-bond donors (Lipinski definition) is 1. The SMILES string of the molecule is Cc1cc2c(c(C)c1Cl)C(CC(=O)O)CCCO2. The normalized spacial score (nSPS) is 18.7. The van der Waals surface area contributed by atoms with Crippen LogP contribution in [0.4, 0.5) is 0 Å². The zero-order valence-corrected chi connectivity index (χ0v) is 11.4. The highest BCUT2D eigenvalue weighted by molar-refractivity contribution is 6.32. The van der Waals surface area contributed by atoms with Crippen LogP contribution in [0.3, 0.4) is 0 Å². The number of halogens is 1. The molecule has 1 heterocycles. The standard InChI is InChI=1S/C14H17ClO3/c1-8-6-11-13(9(2)14(8)15)10(7-12(16)17)4-3-5-18-11/h6,10H,3-5,7H2,1-2H3,(H,16,17). The maximum Gasteiger partial charge on any atom is 0.303 e. The molecule has 1 aliphatic heterocycles. The van der Waals surface area contributed by atoms with Gasteiger partial charge in [0.05, 0.1) is 13.0 Å². The Morgan fingerprint density at radius 3 is 2.94 bits per heavy atom. The van der Waals surface area contributed by atoms with E-state index >= 15 is 0 Å². The van der Waals surface area contributed by atoms with E-state index in [0.717, 1.165) is 40.3 Å². The fraction of sp³-hybridized carbons (Fsp3) is 0.500. The quantitative estimate of drug-likeness (QED) is 0.890. The lowest BCUT2D eigenvalue weighted by Crippen LogP contribution is -2.08. The smallest absolute Gasteiger partial charge is 0.303 e. The molecule has 0 saturated carbocycles. The molecule has 1 N–H and O–H groups in total. The van der Waals surface area contributed by atoms with Crippen LogP contribution in [0, 0.1) is 13.8 Å². The van der Waals surface area contributed by atoms with Crippen molar-refractivity contribution in [3.63, 3.8) is 0 Å². The van der Waals surface area contributed by atoms with Crippen LogP contribution in [0.15, 0.2) is 6.07 Å². The van der Waals surface area contributed by atoms with Gasteiger partial charge in [-0.1, -0.05) is 11.6 Å². The molecule has 0 bridgehead atoms. The van der Waals surface area contributed by atoms with Crippen LogP contribution in [0.2, 0.25) is 5.02 Å². The van der Waals surface area contributed by atoms with E-state index in [9.17, 15) is 4.79 Å². The van der Waals surface area contributed by atoms with E-state index in [1.54, 1.807) is 0 Å². The molecule has 0 aromatic heterocycles. The third kappa shape index (κ3) is 2.46. The molecule has 0 aliphatic carbocycles. The molecule has 0 saturated heterocycles. The monoisotopic (exact) mass is 268 g/mol. The fourth-order valence-corrected chi connectivity index (χ4v) is 2.79. The Morgan fingerprint density at radius 1 is 1.56 bits per heavy atom. The fourth-order valence-electron chi connectivity index (χ4n) is 2.63. The van der Waals surface area contributed by atoms with Crippen molar-refractivity contribution in [1.82, 2.24) is 0 Å². The molecule has 1 aromatic carbocycles. The third-order valence-electron chi connectivity index (χ3n) is 3.48. The van der Waals surface area contributed by atoms with Crippen LogP contribution in [0.25, 0.3) is 0 Å². The van der Waals surface area contributed by atoms with Crippen molar-refractivity contribution in [2.75, 3.05) is 6.61 Å². The highest BCUT2D eigenvalue weighted by Gasteiger charge is 2.25. The number of benzene rings is 1. The van der Waals surface area contributed by atoms with Crippen molar-refractivity contribution < 1.29 is 14.6 Å². The zero-order chi connectivity index (χ0) is 13.3. The Kier molecular flexibility index (Phi) is 3.81. The first-order valence-corrected chi connectivity index (χ1v) is 6.52. The highest BCUT2D eigenvalue weighted by atomic mass is 35.5. The summed E-state index contributed by atoms with van der Waals surface area (Å²) >= 11 is 6.27. The summed E-state index contributed by atoms with van der Waals surface area (Å²) in [6, 6.07) is 1.92. The second-order valence-corrected chi connectivity index (χ2v) is 5.21. The van der Waals surface area contributed by atoms with Crippen molar-refractivity contribution in [3.05, 3.63) is 27.8 Å². The summed E-state index contributed by atoms with van der Waals surface area (Å²) in [5.41, 5.74) is 2.91. The molecule has 4 heteroatoms. The highest BCUT2D eigenvalue weighted by Crippen LogP contribution is 2.41. The lowest BCUT2D eigenvalue weighted by Gasteiger charge is -2.19. The molecule has 2 rings (SSSR count). The Balaban J connectivity index is 2.52. The summed E-state index contributed by atoms with van der Waals surface area (Å²) in [6.07, 6.45) is 1.85. The van der Waals surface area contributed by atoms with E-state index in [0.29, 0.717) is 6.61 Å². The van der Waals surface area contributed by atoms with Gasteiger partial charge in [0, 0.05) is 10.6 Å². The van der Waals surface area contributed by atoms with Crippen LogP contribution < -0.4 is 4.74 Å². The van der Waals surface area contributed by atoms with Gasteiger partial charge in [-0.15, -0.1) is 0 Å². The predicted octanol–water partition coefficient (Wildman–Crippen LogP) is 3.69. The number of carbonyl (C=O) groups is 1. The first-order chi connectivity index (χ1) is 8.50. The molecule has 0 radical (unpaired) electrons. The van der Waals surface area contributed by atoms with Gasteiger partial charge in [-0.3, -0.25) is 4.79 Å². The number of fused-ring (bicyclic) bond motifs is 1. The van der Waals surface area contributed by atoms with Gasteiger partial charge in [-0.2, -0.15) is 0 Å². The van der Waals surface area contributed by atoms with Crippen molar-refractivity contribution in [2.24, 2.45) is 0 Å². The van der Waals surface area contributed by atoms with Gasteiger partial charge in [-0.05, 0) is 49.8 Å². The van der Waals surface area contributed by atoms with Crippen LogP contribution in [0.1, 0.15) is 41.9 Å². The molecular weight excluding hydrogens is 252 g/mol. The second kappa shape index (κ2) is 5.19. The van der Waals surface area contributed by atoms with E-state index in [1.807, 2.05) is 19.9 Å². The van der Waals surface area contributed by atoms with Gasteiger partial charge >= 0.3 is 5.97 Å². The van der Waals surface area contributed by atoms with Gasteiger partial charge in [0.15, 0.2) is 0 Å². The second-order valence-electron chi connectivity index (χ2n) is 4.83. The van der Waals surface area contributed by atoms with Gasteiger partial charge in [-0.25, -0.2) is 0 Å². The summed E-state index contributed by atoms with van der Waals surface area (Å²) in [5, 5.41) is 9.74. The number of aryl methyl sites for hydroxylation is 1. The molecule has 0 fully saturated rings. The molecule has 3 nitrogen and oxygen atoms in total. The van der Waals surface area contributed by atoms with E-state index in [2.05, 4.69) is 0 Å². The van der Waals surface area contributed by atoms with Crippen LogP contribution in [-0.4, -0.2) is 17.7 Å².